The van der Waals surface area contributed by atoms with Crippen LogP contribution < -0.4 is 5.73 Å². The van der Waals surface area contributed by atoms with Gasteiger partial charge in [0.1, 0.15) is 0 Å². The van der Waals surface area contributed by atoms with Gasteiger partial charge in [-0.2, -0.15) is 0 Å². The fourth-order valence-electron chi connectivity index (χ4n) is 1.09. The molecule has 4 unspecified atom stereocenters. The van der Waals surface area contributed by atoms with Crippen LogP contribution in [0.25, 0.3) is 0 Å². The normalized spacial score (nSPS) is 49.2. The van der Waals surface area contributed by atoms with Crippen molar-refractivity contribution in [2.75, 3.05) is 0 Å². The van der Waals surface area contributed by atoms with Crippen molar-refractivity contribution in [1.29, 1.82) is 0 Å². The van der Waals surface area contributed by atoms with E-state index in [-0.39, 0.29) is 6.42 Å². The van der Waals surface area contributed by atoms with Gasteiger partial charge in [0.15, 0.2) is 6.29 Å². The third kappa shape index (κ3) is 1.46. The van der Waals surface area contributed by atoms with Gasteiger partial charge < -0.3 is 15.6 Å². The molecule has 4 atom stereocenters. The topological polar surface area (TPSA) is 75.4 Å². The molecule has 1 fully saturated rings. The highest BCUT2D eigenvalue weighted by Gasteiger charge is 2.32. The molecular weight excluding hydrogens is 134 g/mol. The maximum Gasteiger partial charge on any atom is 0.193 e. The Morgan fingerprint density at radius 3 is 2.80 bits per heavy atom. The van der Waals surface area contributed by atoms with E-state index in [4.69, 9.17) is 10.5 Å². The lowest BCUT2D eigenvalue weighted by Crippen LogP contribution is -2.50. The van der Waals surface area contributed by atoms with Gasteiger partial charge in [-0.25, -0.2) is 5.11 Å². The SMILES string of the molecule is CC1OC([O])CC(N)C1O. The van der Waals surface area contributed by atoms with Crippen LogP contribution in [0.3, 0.4) is 0 Å². The van der Waals surface area contributed by atoms with E-state index in [1.165, 1.54) is 0 Å². The van der Waals surface area contributed by atoms with E-state index >= 15 is 0 Å². The number of hydrogen-bond donors (Lipinski definition) is 2. The molecule has 0 aliphatic carbocycles. The van der Waals surface area contributed by atoms with Gasteiger partial charge in [0, 0.05) is 12.5 Å². The van der Waals surface area contributed by atoms with Crippen LogP contribution in [0.1, 0.15) is 13.3 Å². The van der Waals surface area contributed by atoms with Crippen molar-refractivity contribution in [3.8, 4) is 0 Å². The molecule has 1 aliphatic rings. The van der Waals surface area contributed by atoms with E-state index in [0.717, 1.165) is 0 Å². The van der Waals surface area contributed by atoms with Gasteiger partial charge in [0.05, 0.1) is 12.2 Å². The molecular formula is C6H12NO3. The maximum absolute atomic E-state index is 10.7. The number of aliphatic hydroxyl groups is 1. The molecule has 0 aromatic rings. The van der Waals surface area contributed by atoms with Gasteiger partial charge in [-0.15, -0.1) is 0 Å². The second kappa shape index (κ2) is 2.84. The first-order valence-electron chi connectivity index (χ1n) is 3.36. The summed E-state index contributed by atoms with van der Waals surface area (Å²) in [5.74, 6) is 0. The highest BCUT2D eigenvalue weighted by atomic mass is 16.6. The average Bonchev–Trinajstić information content (AvgIpc) is 1.82. The van der Waals surface area contributed by atoms with Crippen molar-refractivity contribution in [3.05, 3.63) is 0 Å². The Kier molecular flexibility index (Phi) is 2.25. The summed E-state index contributed by atoms with van der Waals surface area (Å²) in [6.45, 7) is 1.65. The van der Waals surface area contributed by atoms with E-state index in [0.29, 0.717) is 0 Å². The summed E-state index contributed by atoms with van der Waals surface area (Å²) in [7, 11) is 0. The second-order valence-electron chi connectivity index (χ2n) is 2.66. The van der Waals surface area contributed by atoms with Gasteiger partial charge in [-0.3, -0.25) is 0 Å². The molecule has 0 amide bonds. The zero-order valence-corrected chi connectivity index (χ0v) is 5.86. The van der Waals surface area contributed by atoms with E-state index in [1.807, 2.05) is 0 Å². The Labute approximate surface area is 59.6 Å². The largest absolute Gasteiger partial charge is 0.389 e. The molecule has 1 saturated heterocycles. The minimum atomic E-state index is -1.06. The fourth-order valence-corrected chi connectivity index (χ4v) is 1.09. The lowest BCUT2D eigenvalue weighted by atomic mass is 10.0. The number of ether oxygens (including phenoxy) is 1. The molecule has 1 rings (SSSR count). The summed E-state index contributed by atoms with van der Waals surface area (Å²) in [5, 5.41) is 19.9. The summed E-state index contributed by atoms with van der Waals surface area (Å²) in [6.07, 6.45) is -1.98. The van der Waals surface area contributed by atoms with Crippen LogP contribution >= 0.6 is 0 Å². The predicted molar refractivity (Wildman–Crippen MR) is 33.6 cm³/mol. The third-order valence-electron chi connectivity index (χ3n) is 1.75. The highest BCUT2D eigenvalue weighted by molar-refractivity contribution is 4.82. The minimum Gasteiger partial charge on any atom is -0.389 e. The van der Waals surface area contributed by atoms with Crippen molar-refractivity contribution in [2.45, 2.75) is 37.9 Å². The third-order valence-corrected chi connectivity index (χ3v) is 1.75. The molecule has 1 heterocycles. The average molecular weight is 146 g/mol. The molecule has 1 aliphatic heterocycles. The molecule has 59 valence electrons. The number of hydrogen-bond acceptors (Lipinski definition) is 3. The molecule has 4 nitrogen and oxygen atoms in total. The monoisotopic (exact) mass is 146 g/mol. The first kappa shape index (κ1) is 7.94. The van der Waals surface area contributed by atoms with Gasteiger partial charge in [-0.1, -0.05) is 0 Å². The summed E-state index contributed by atoms with van der Waals surface area (Å²) in [4.78, 5) is 0. The predicted octanol–water partition coefficient (Wildman–Crippen LogP) is -0.760. The minimum absolute atomic E-state index is 0.200. The van der Waals surface area contributed by atoms with Crippen molar-refractivity contribution >= 4 is 0 Å². The first-order chi connectivity index (χ1) is 4.61. The maximum atomic E-state index is 10.7. The molecule has 0 spiro atoms. The Morgan fingerprint density at radius 2 is 2.30 bits per heavy atom. The molecule has 0 aromatic heterocycles. The summed E-state index contributed by atoms with van der Waals surface area (Å²) < 4.78 is 4.78. The molecule has 10 heavy (non-hydrogen) atoms. The van der Waals surface area contributed by atoms with Crippen molar-refractivity contribution in [1.82, 2.24) is 0 Å². The van der Waals surface area contributed by atoms with E-state index in [9.17, 15) is 10.2 Å². The molecule has 3 N–H and O–H groups in total. The smallest absolute Gasteiger partial charge is 0.193 e. The first-order valence-corrected chi connectivity index (χ1v) is 3.36. The summed E-state index contributed by atoms with van der Waals surface area (Å²) >= 11 is 0. The summed E-state index contributed by atoms with van der Waals surface area (Å²) in [6, 6.07) is -0.425. The number of aliphatic hydroxyl groups excluding tert-OH is 1. The van der Waals surface area contributed by atoms with Crippen LogP contribution in [0.15, 0.2) is 0 Å². The van der Waals surface area contributed by atoms with Gasteiger partial charge in [0.25, 0.3) is 0 Å². The van der Waals surface area contributed by atoms with E-state index in [2.05, 4.69) is 0 Å². The van der Waals surface area contributed by atoms with Gasteiger partial charge in [-0.05, 0) is 6.92 Å². The van der Waals surface area contributed by atoms with Crippen LogP contribution in [0.5, 0.6) is 0 Å². The van der Waals surface area contributed by atoms with Gasteiger partial charge >= 0.3 is 0 Å². The lowest BCUT2D eigenvalue weighted by molar-refractivity contribution is -0.223. The van der Waals surface area contributed by atoms with E-state index < -0.39 is 24.5 Å². The quantitative estimate of drug-likeness (QED) is 0.471. The van der Waals surface area contributed by atoms with E-state index in [1.54, 1.807) is 6.92 Å². The van der Waals surface area contributed by atoms with Crippen molar-refractivity contribution in [3.63, 3.8) is 0 Å². The molecule has 1 radical (unpaired) electrons. The van der Waals surface area contributed by atoms with Crippen LogP contribution in [0.2, 0.25) is 0 Å². The zero-order valence-electron chi connectivity index (χ0n) is 5.86. The lowest BCUT2D eigenvalue weighted by Gasteiger charge is -2.32. The fraction of sp³-hybridized carbons (Fsp3) is 1.00. The highest BCUT2D eigenvalue weighted by Crippen LogP contribution is 2.16. The number of rotatable bonds is 0. The Balaban J connectivity index is 2.49. The Hall–Kier alpha value is -0.160. The van der Waals surface area contributed by atoms with Crippen LogP contribution in [-0.4, -0.2) is 29.6 Å². The second-order valence-corrected chi connectivity index (χ2v) is 2.66. The Morgan fingerprint density at radius 1 is 1.70 bits per heavy atom. The number of nitrogens with two attached hydrogens (primary N) is 1. The van der Waals surface area contributed by atoms with Gasteiger partial charge in [0.2, 0.25) is 0 Å². The van der Waals surface area contributed by atoms with Crippen LogP contribution in [0, 0.1) is 0 Å². The zero-order chi connectivity index (χ0) is 7.72. The van der Waals surface area contributed by atoms with Crippen LogP contribution in [-0.2, 0) is 9.84 Å². The molecule has 0 aromatic carbocycles. The molecule has 0 saturated carbocycles. The molecule has 0 bridgehead atoms. The molecule has 4 heteroatoms. The standard InChI is InChI=1S/C6H12NO3/c1-3-6(9)4(7)2-5(8)10-3/h3-6,9H,2,7H2,1H3. The summed E-state index contributed by atoms with van der Waals surface area (Å²) in [5.41, 5.74) is 5.43. The van der Waals surface area contributed by atoms with Crippen molar-refractivity contribution in [2.24, 2.45) is 5.73 Å². The Bertz CT molecular complexity index is 108. The van der Waals surface area contributed by atoms with Crippen molar-refractivity contribution < 1.29 is 14.9 Å². The van der Waals surface area contributed by atoms with Crippen LogP contribution in [0.4, 0.5) is 0 Å².